The monoisotopic (exact) mass is 491 g/mol. The highest BCUT2D eigenvalue weighted by molar-refractivity contribution is 6.44. The number of hydrogen-bond donors (Lipinski definition) is 0. The zero-order chi connectivity index (χ0) is 24.1. The van der Waals surface area contributed by atoms with E-state index in [4.69, 9.17) is 27.9 Å². The minimum Gasteiger partial charge on any atom is -0.459 e. The lowest BCUT2D eigenvalue weighted by molar-refractivity contribution is -0.160. The largest absolute Gasteiger partial charge is 0.459 e. The molecule has 1 amide bonds. The first-order valence-electron chi connectivity index (χ1n) is 10.9. The molecule has 0 radical (unpaired) electrons. The molecule has 4 rings (SSSR count). The van der Waals surface area contributed by atoms with E-state index in [0.717, 1.165) is 27.5 Å². The highest BCUT2D eigenvalue weighted by atomic mass is 35.5. The van der Waals surface area contributed by atoms with Crippen molar-refractivity contribution < 1.29 is 14.3 Å². The van der Waals surface area contributed by atoms with E-state index < -0.39 is 11.9 Å². The molecule has 4 nitrogen and oxygen atoms in total. The quantitative estimate of drug-likeness (QED) is 0.217. The van der Waals surface area contributed by atoms with Crippen molar-refractivity contribution in [3.05, 3.63) is 106 Å². The molecule has 0 spiro atoms. The van der Waals surface area contributed by atoms with Gasteiger partial charge >= 0.3 is 11.9 Å². The van der Waals surface area contributed by atoms with E-state index in [9.17, 15) is 9.59 Å². The number of ether oxygens (including phenoxy) is 1. The first-order valence-corrected chi connectivity index (χ1v) is 11.7. The Labute approximate surface area is 208 Å². The van der Waals surface area contributed by atoms with Gasteiger partial charge in [-0.15, -0.1) is 0 Å². The molecule has 4 aromatic rings. The Morgan fingerprint density at radius 3 is 2.24 bits per heavy atom. The third kappa shape index (κ3) is 5.09. The maximum atomic E-state index is 12.8. The molecule has 0 atom stereocenters. The van der Waals surface area contributed by atoms with Crippen molar-refractivity contribution in [1.29, 1.82) is 0 Å². The number of benzene rings is 4. The van der Waals surface area contributed by atoms with Gasteiger partial charge in [0.2, 0.25) is 0 Å². The summed E-state index contributed by atoms with van der Waals surface area (Å²) in [6.45, 7) is 2.13. The molecule has 0 bridgehead atoms. The SMILES string of the molecule is CCOC(=O)C(=O)N(Cc1ccccc1)Cc1ccc(-c2cccc3ccccc23)c(Cl)c1Cl. The van der Waals surface area contributed by atoms with Crippen LogP contribution in [0, 0.1) is 0 Å². The van der Waals surface area contributed by atoms with E-state index in [2.05, 4.69) is 0 Å². The van der Waals surface area contributed by atoms with Crippen molar-refractivity contribution in [2.45, 2.75) is 20.0 Å². The van der Waals surface area contributed by atoms with Gasteiger partial charge < -0.3 is 9.64 Å². The first kappa shape index (κ1) is 23.8. The van der Waals surface area contributed by atoms with Crippen LogP contribution in [-0.4, -0.2) is 23.4 Å². The van der Waals surface area contributed by atoms with Crippen LogP contribution in [0.15, 0.2) is 84.9 Å². The highest BCUT2D eigenvalue weighted by Gasteiger charge is 2.25. The standard InChI is InChI=1S/C28H23Cl2NO3/c1-2-34-28(33)27(32)31(17-19-9-4-3-5-10-19)18-21-15-16-24(26(30)25(21)29)23-14-8-12-20-11-6-7-13-22(20)23/h3-16H,2,17-18H2,1H3. The molecule has 0 aliphatic rings. The molecule has 0 aliphatic carbocycles. The Bertz CT molecular complexity index is 1330. The van der Waals surface area contributed by atoms with E-state index in [1.807, 2.05) is 84.9 Å². The first-order chi connectivity index (χ1) is 16.5. The van der Waals surface area contributed by atoms with Crippen LogP contribution in [0.4, 0.5) is 0 Å². The summed E-state index contributed by atoms with van der Waals surface area (Å²) in [6.07, 6.45) is 0. The number of carbonyl (C=O) groups is 2. The Morgan fingerprint density at radius 1 is 0.765 bits per heavy atom. The molecule has 4 aromatic carbocycles. The Morgan fingerprint density at radius 2 is 1.47 bits per heavy atom. The van der Waals surface area contributed by atoms with Crippen LogP contribution in [-0.2, 0) is 27.4 Å². The lowest BCUT2D eigenvalue weighted by atomic mass is 9.97. The second-order valence-corrected chi connectivity index (χ2v) is 8.55. The number of amides is 1. The molecule has 6 heteroatoms. The summed E-state index contributed by atoms with van der Waals surface area (Å²) in [5.41, 5.74) is 3.30. The van der Waals surface area contributed by atoms with Crippen molar-refractivity contribution in [1.82, 2.24) is 4.90 Å². The predicted molar refractivity (Wildman–Crippen MR) is 137 cm³/mol. The smallest absolute Gasteiger partial charge is 0.397 e. The van der Waals surface area contributed by atoms with Gasteiger partial charge in [-0.25, -0.2) is 4.79 Å². The van der Waals surface area contributed by atoms with Crippen LogP contribution in [0.25, 0.3) is 21.9 Å². The molecular weight excluding hydrogens is 469 g/mol. The van der Waals surface area contributed by atoms with Gasteiger partial charge in [-0.3, -0.25) is 4.79 Å². The van der Waals surface area contributed by atoms with Crippen LogP contribution in [0.1, 0.15) is 18.1 Å². The van der Waals surface area contributed by atoms with Crippen LogP contribution in [0.2, 0.25) is 10.0 Å². The van der Waals surface area contributed by atoms with E-state index in [-0.39, 0.29) is 19.7 Å². The van der Waals surface area contributed by atoms with Crippen molar-refractivity contribution in [3.63, 3.8) is 0 Å². The summed E-state index contributed by atoms with van der Waals surface area (Å²) in [4.78, 5) is 26.5. The van der Waals surface area contributed by atoms with Crippen LogP contribution >= 0.6 is 23.2 Å². The van der Waals surface area contributed by atoms with E-state index in [1.165, 1.54) is 4.90 Å². The second-order valence-electron chi connectivity index (χ2n) is 7.79. The summed E-state index contributed by atoms with van der Waals surface area (Å²) < 4.78 is 4.94. The number of halogens is 2. The summed E-state index contributed by atoms with van der Waals surface area (Å²) in [6, 6.07) is 27.3. The lowest BCUT2D eigenvalue weighted by Gasteiger charge is -2.23. The average molecular weight is 492 g/mol. The van der Waals surface area contributed by atoms with Gasteiger partial charge in [-0.1, -0.05) is 108 Å². The molecule has 0 heterocycles. The third-order valence-electron chi connectivity index (χ3n) is 5.56. The number of hydrogen-bond acceptors (Lipinski definition) is 3. The number of esters is 1. The van der Waals surface area contributed by atoms with E-state index in [1.54, 1.807) is 6.92 Å². The average Bonchev–Trinajstić information content (AvgIpc) is 2.86. The second kappa shape index (κ2) is 10.7. The Kier molecular flexibility index (Phi) is 7.51. The number of carbonyl (C=O) groups excluding carboxylic acids is 2. The van der Waals surface area contributed by atoms with Crippen molar-refractivity contribution in [2.75, 3.05) is 6.61 Å². The fourth-order valence-electron chi connectivity index (χ4n) is 3.91. The van der Waals surface area contributed by atoms with Crippen LogP contribution in [0.5, 0.6) is 0 Å². The molecule has 0 aromatic heterocycles. The van der Waals surface area contributed by atoms with Gasteiger partial charge in [0.1, 0.15) is 0 Å². The fraction of sp³-hybridized carbons (Fsp3) is 0.143. The summed E-state index contributed by atoms with van der Waals surface area (Å²) in [5, 5.41) is 2.92. The zero-order valence-corrected chi connectivity index (χ0v) is 20.1. The van der Waals surface area contributed by atoms with Crippen LogP contribution < -0.4 is 0 Å². The van der Waals surface area contributed by atoms with Crippen molar-refractivity contribution in [3.8, 4) is 11.1 Å². The van der Waals surface area contributed by atoms with E-state index >= 15 is 0 Å². The molecule has 0 saturated carbocycles. The molecule has 0 fully saturated rings. The molecule has 0 aliphatic heterocycles. The summed E-state index contributed by atoms with van der Waals surface area (Å²) in [5.74, 6) is -1.62. The highest BCUT2D eigenvalue weighted by Crippen LogP contribution is 2.39. The van der Waals surface area contributed by atoms with Gasteiger partial charge in [0.25, 0.3) is 0 Å². The van der Waals surface area contributed by atoms with Crippen LogP contribution in [0.3, 0.4) is 0 Å². The normalized spacial score (nSPS) is 10.8. The molecule has 0 saturated heterocycles. The summed E-state index contributed by atoms with van der Waals surface area (Å²) >= 11 is 13.4. The fourth-order valence-corrected chi connectivity index (χ4v) is 4.42. The minimum atomic E-state index is -0.895. The summed E-state index contributed by atoms with van der Waals surface area (Å²) in [7, 11) is 0. The Hall–Kier alpha value is -3.34. The molecule has 0 unspecified atom stereocenters. The molecule has 172 valence electrons. The Balaban J connectivity index is 1.69. The lowest BCUT2D eigenvalue weighted by Crippen LogP contribution is -2.36. The number of fused-ring (bicyclic) bond motifs is 1. The maximum absolute atomic E-state index is 12.8. The molecule has 0 N–H and O–H groups in total. The number of nitrogens with zero attached hydrogens (tertiary/aromatic N) is 1. The molecule has 34 heavy (non-hydrogen) atoms. The van der Waals surface area contributed by atoms with Gasteiger partial charge in [-0.05, 0) is 34.4 Å². The number of rotatable bonds is 6. The van der Waals surface area contributed by atoms with E-state index in [0.29, 0.717) is 15.6 Å². The predicted octanol–water partition coefficient (Wildman–Crippen LogP) is 6.91. The van der Waals surface area contributed by atoms with Gasteiger partial charge in [0.15, 0.2) is 0 Å². The maximum Gasteiger partial charge on any atom is 0.397 e. The topological polar surface area (TPSA) is 46.6 Å². The zero-order valence-electron chi connectivity index (χ0n) is 18.6. The minimum absolute atomic E-state index is 0.112. The third-order valence-corrected chi connectivity index (χ3v) is 6.48. The van der Waals surface area contributed by atoms with Crippen molar-refractivity contribution in [2.24, 2.45) is 0 Å². The van der Waals surface area contributed by atoms with Gasteiger partial charge in [-0.2, -0.15) is 0 Å². The molecular formula is C28H23Cl2NO3. The van der Waals surface area contributed by atoms with Gasteiger partial charge in [0, 0.05) is 18.7 Å². The van der Waals surface area contributed by atoms with Gasteiger partial charge in [0.05, 0.1) is 16.7 Å². The van der Waals surface area contributed by atoms with Crippen molar-refractivity contribution >= 4 is 45.9 Å².